The van der Waals surface area contributed by atoms with Crippen LogP contribution in [0.15, 0.2) is 58.9 Å². The molecule has 2 heterocycles. The van der Waals surface area contributed by atoms with Gasteiger partial charge in [-0.3, -0.25) is 4.79 Å². The first kappa shape index (κ1) is 21.4. The van der Waals surface area contributed by atoms with E-state index in [1.807, 2.05) is 41.8 Å². The fourth-order valence-corrected chi connectivity index (χ4v) is 4.67. The summed E-state index contributed by atoms with van der Waals surface area (Å²) in [5, 5.41) is 6.88. The van der Waals surface area contributed by atoms with Crippen LogP contribution in [-0.2, 0) is 4.79 Å². The molecule has 0 fully saturated rings. The van der Waals surface area contributed by atoms with E-state index in [0.717, 1.165) is 20.8 Å². The summed E-state index contributed by atoms with van der Waals surface area (Å²) in [5.41, 5.74) is 1.32. The van der Waals surface area contributed by atoms with Crippen LogP contribution in [0.25, 0.3) is 21.6 Å². The quantitative estimate of drug-likeness (QED) is 0.273. The number of nitrogens with one attached hydrogen (secondary N) is 1. The minimum atomic E-state index is -0.204. The Bertz CT molecular complexity index is 1230. The van der Waals surface area contributed by atoms with E-state index in [2.05, 4.69) is 10.3 Å². The highest BCUT2D eigenvalue weighted by molar-refractivity contribution is 8.00. The highest BCUT2D eigenvalue weighted by Crippen LogP contribution is 2.36. The zero-order valence-electron chi connectivity index (χ0n) is 16.7. The lowest BCUT2D eigenvalue weighted by Crippen LogP contribution is -2.15. The van der Waals surface area contributed by atoms with Gasteiger partial charge in [-0.1, -0.05) is 47.6 Å². The first-order valence-corrected chi connectivity index (χ1v) is 11.5. The fourth-order valence-electron chi connectivity index (χ4n) is 2.95. The summed E-state index contributed by atoms with van der Waals surface area (Å²) in [4.78, 5) is 23.0. The second kappa shape index (κ2) is 9.55. The van der Waals surface area contributed by atoms with Crippen LogP contribution in [0, 0.1) is 0 Å². The molecule has 0 saturated carbocycles. The van der Waals surface area contributed by atoms with E-state index in [1.165, 1.54) is 26.0 Å². The van der Waals surface area contributed by atoms with Gasteiger partial charge in [-0.15, -0.1) is 11.3 Å². The summed E-state index contributed by atoms with van der Waals surface area (Å²) >= 11 is 9.13. The minimum Gasteiger partial charge on any atom is -0.495 e. The van der Waals surface area contributed by atoms with Gasteiger partial charge in [0.25, 0.3) is 0 Å². The first-order valence-electron chi connectivity index (χ1n) is 9.24. The number of ether oxygens (including phenoxy) is 2. The van der Waals surface area contributed by atoms with Crippen molar-refractivity contribution < 1.29 is 14.3 Å². The van der Waals surface area contributed by atoms with Gasteiger partial charge in [-0.25, -0.2) is 9.97 Å². The number of hydrogen-bond acceptors (Lipinski definition) is 7. The number of thioether (sulfide) groups is 1. The number of carbonyl (C=O) groups excluding carboxylic acids is 1. The van der Waals surface area contributed by atoms with Crippen LogP contribution in [0.2, 0.25) is 5.02 Å². The van der Waals surface area contributed by atoms with Crippen molar-refractivity contribution in [3.63, 3.8) is 0 Å². The molecule has 0 aliphatic carbocycles. The lowest BCUT2D eigenvalue weighted by molar-refractivity contribution is -0.113. The van der Waals surface area contributed by atoms with Crippen molar-refractivity contribution in [2.45, 2.75) is 5.03 Å². The maximum absolute atomic E-state index is 12.7. The number of amides is 1. The van der Waals surface area contributed by atoms with Gasteiger partial charge < -0.3 is 14.8 Å². The van der Waals surface area contributed by atoms with E-state index in [0.29, 0.717) is 28.0 Å². The van der Waals surface area contributed by atoms with Crippen molar-refractivity contribution in [1.82, 2.24) is 9.97 Å². The summed E-state index contributed by atoms with van der Waals surface area (Å²) in [6.45, 7) is 0. The topological polar surface area (TPSA) is 73.3 Å². The number of hydrogen-bond donors (Lipinski definition) is 1. The molecule has 1 N–H and O–H groups in total. The zero-order valence-corrected chi connectivity index (χ0v) is 19.1. The van der Waals surface area contributed by atoms with Gasteiger partial charge in [0.1, 0.15) is 16.5 Å². The normalized spacial score (nSPS) is 10.8. The Labute approximate surface area is 192 Å². The number of halogens is 1. The molecule has 0 unspecified atom stereocenters. The molecule has 6 nitrogen and oxygen atoms in total. The summed E-state index contributed by atoms with van der Waals surface area (Å²) in [5.74, 6) is 1.55. The zero-order chi connectivity index (χ0) is 21.8. The number of carbonyl (C=O) groups is 1. The number of rotatable bonds is 7. The van der Waals surface area contributed by atoms with Gasteiger partial charge in [0.15, 0.2) is 5.82 Å². The highest BCUT2D eigenvalue weighted by Gasteiger charge is 2.15. The van der Waals surface area contributed by atoms with Crippen LogP contribution in [0.4, 0.5) is 5.69 Å². The van der Waals surface area contributed by atoms with Crippen molar-refractivity contribution in [2.24, 2.45) is 0 Å². The van der Waals surface area contributed by atoms with Crippen molar-refractivity contribution >= 4 is 57.2 Å². The molecule has 0 radical (unpaired) electrons. The van der Waals surface area contributed by atoms with Gasteiger partial charge in [-0.05, 0) is 23.6 Å². The minimum absolute atomic E-state index is 0.164. The molecular formula is C22H18ClN3O3S2. The molecular weight excluding hydrogens is 454 g/mol. The molecule has 0 saturated heterocycles. The average Bonchev–Trinajstić information content (AvgIpc) is 3.32. The van der Waals surface area contributed by atoms with Gasteiger partial charge in [-0.2, -0.15) is 0 Å². The Morgan fingerprint density at radius 2 is 1.90 bits per heavy atom. The molecule has 31 heavy (non-hydrogen) atoms. The van der Waals surface area contributed by atoms with Crippen LogP contribution in [-0.4, -0.2) is 35.8 Å². The monoisotopic (exact) mass is 471 g/mol. The van der Waals surface area contributed by atoms with E-state index in [1.54, 1.807) is 23.5 Å². The standard InChI is InChI=1S/C22H18ClN3O3S2/c1-28-17-11-18(29-2)16(10-14(17)23)24-20(27)12-31-22-13-6-3-4-7-15(13)25-21(26-22)19-8-5-9-30-19/h3-11H,12H2,1-2H3,(H,24,27). The molecule has 0 atom stereocenters. The number of nitrogens with zero attached hydrogens (tertiary/aromatic N) is 2. The van der Waals surface area contributed by atoms with E-state index in [9.17, 15) is 4.79 Å². The number of methoxy groups -OCH3 is 2. The van der Waals surface area contributed by atoms with Crippen LogP contribution >= 0.6 is 34.7 Å². The SMILES string of the molecule is COc1cc(OC)c(NC(=O)CSc2nc(-c3cccs3)nc3ccccc23)cc1Cl. The van der Waals surface area contributed by atoms with Gasteiger partial charge >= 0.3 is 0 Å². The average molecular weight is 472 g/mol. The first-order chi connectivity index (χ1) is 15.1. The third-order valence-electron chi connectivity index (χ3n) is 4.40. The van der Waals surface area contributed by atoms with E-state index in [-0.39, 0.29) is 11.7 Å². The van der Waals surface area contributed by atoms with Crippen LogP contribution in [0.1, 0.15) is 0 Å². The van der Waals surface area contributed by atoms with Crippen molar-refractivity contribution in [3.8, 4) is 22.2 Å². The van der Waals surface area contributed by atoms with Gasteiger partial charge in [0.05, 0.1) is 41.1 Å². The molecule has 1 amide bonds. The van der Waals surface area contributed by atoms with Crippen molar-refractivity contribution in [2.75, 3.05) is 25.3 Å². The lowest BCUT2D eigenvalue weighted by atomic mass is 10.2. The number of para-hydroxylation sites is 1. The van der Waals surface area contributed by atoms with Crippen molar-refractivity contribution in [3.05, 3.63) is 58.9 Å². The summed E-state index contributed by atoms with van der Waals surface area (Å²) < 4.78 is 10.5. The van der Waals surface area contributed by atoms with Crippen LogP contribution in [0.3, 0.4) is 0 Å². The molecule has 9 heteroatoms. The van der Waals surface area contributed by atoms with Crippen LogP contribution < -0.4 is 14.8 Å². The largest absolute Gasteiger partial charge is 0.495 e. The Kier molecular flexibility index (Phi) is 6.60. The lowest BCUT2D eigenvalue weighted by Gasteiger charge is -2.13. The molecule has 158 valence electrons. The third kappa shape index (κ3) is 4.76. The molecule has 0 spiro atoms. The van der Waals surface area contributed by atoms with Gasteiger partial charge in [0.2, 0.25) is 5.91 Å². The van der Waals surface area contributed by atoms with E-state index in [4.69, 9.17) is 26.1 Å². The predicted molar refractivity (Wildman–Crippen MR) is 127 cm³/mol. The molecule has 2 aromatic heterocycles. The Balaban J connectivity index is 1.55. The van der Waals surface area contributed by atoms with Crippen molar-refractivity contribution in [1.29, 1.82) is 0 Å². The maximum atomic E-state index is 12.7. The number of fused-ring (bicyclic) bond motifs is 1. The smallest absolute Gasteiger partial charge is 0.234 e. The Morgan fingerprint density at radius 1 is 1.10 bits per heavy atom. The molecule has 4 rings (SSSR count). The highest BCUT2D eigenvalue weighted by atomic mass is 35.5. The summed E-state index contributed by atoms with van der Waals surface area (Å²) in [7, 11) is 3.04. The molecule has 0 aliphatic rings. The summed E-state index contributed by atoms with van der Waals surface area (Å²) in [6, 6.07) is 15.0. The predicted octanol–water partition coefficient (Wildman–Crippen LogP) is 5.76. The van der Waals surface area contributed by atoms with Gasteiger partial charge in [0, 0.05) is 11.5 Å². The van der Waals surface area contributed by atoms with E-state index < -0.39 is 0 Å². The number of aromatic nitrogens is 2. The molecule has 0 bridgehead atoms. The fraction of sp³-hybridized carbons (Fsp3) is 0.136. The number of benzene rings is 2. The molecule has 2 aromatic carbocycles. The van der Waals surface area contributed by atoms with Crippen LogP contribution in [0.5, 0.6) is 11.5 Å². The number of anilines is 1. The Morgan fingerprint density at radius 3 is 2.65 bits per heavy atom. The second-order valence-corrected chi connectivity index (χ2v) is 8.69. The Hall–Kier alpha value is -2.81. The maximum Gasteiger partial charge on any atom is 0.234 e. The molecule has 4 aromatic rings. The van der Waals surface area contributed by atoms with E-state index >= 15 is 0 Å². The summed E-state index contributed by atoms with van der Waals surface area (Å²) in [6.07, 6.45) is 0. The second-order valence-electron chi connectivity index (χ2n) is 6.37. The number of thiophene rings is 1. The third-order valence-corrected chi connectivity index (χ3v) is 6.55. The molecule has 0 aliphatic heterocycles.